The van der Waals surface area contributed by atoms with Crippen molar-refractivity contribution in [2.24, 2.45) is 15.4 Å². The minimum absolute atomic E-state index is 0.0665. The van der Waals surface area contributed by atoms with Gasteiger partial charge in [-0.2, -0.15) is 0 Å². The van der Waals surface area contributed by atoms with Crippen molar-refractivity contribution in [3.05, 3.63) is 47.7 Å². The molecule has 1 heterocycles. The number of carbonyl (C=O) groups excluding carboxylic acids is 4. The van der Waals surface area contributed by atoms with Gasteiger partial charge >= 0.3 is 0 Å². The molecule has 0 aromatic heterocycles. The van der Waals surface area contributed by atoms with E-state index in [-0.39, 0.29) is 25.2 Å². The minimum Gasteiger partial charge on any atom is -0.326 e. The van der Waals surface area contributed by atoms with Gasteiger partial charge in [-0.15, -0.1) is 10.2 Å². The monoisotopic (exact) mass is 410 g/mol. The van der Waals surface area contributed by atoms with Gasteiger partial charge in [-0.25, -0.2) is 0 Å². The van der Waals surface area contributed by atoms with E-state index in [1.165, 1.54) is 0 Å². The van der Waals surface area contributed by atoms with Gasteiger partial charge in [-0.1, -0.05) is 6.08 Å². The fourth-order valence-corrected chi connectivity index (χ4v) is 2.53. The van der Waals surface area contributed by atoms with Crippen LogP contribution in [-0.4, -0.2) is 29.8 Å². The Morgan fingerprint density at radius 3 is 2.47 bits per heavy atom. The summed E-state index contributed by atoms with van der Waals surface area (Å²) in [5.41, 5.74) is 12.3. The first-order valence-corrected chi connectivity index (χ1v) is 8.88. The fraction of sp³-hybridized carbons (Fsp3) is 0.167. The van der Waals surface area contributed by atoms with Gasteiger partial charge in [0.2, 0.25) is 18.2 Å². The quantitative estimate of drug-likeness (QED) is 0.313. The number of carbonyl (C=O) groups is 4. The topological polar surface area (TPSA) is 166 Å². The molecule has 0 atom stereocenters. The van der Waals surface area contributed by atoms with E-state index in [4.69, 9.17) is 0 Å². The number of amides is 4. The highest BCUT2D eigenvalue weighted by atomic mass is 16.2. The van der Waals surface area contributed by atoms with E-state index in [0.29, 0.717) is 34.8 Å². The summed E-state index contributed by atoms with van der Waals surface area (Å²) in [5.74, 6) is -1.34. The second-order valence-electron chi connectivity index (χ2n) is 6.17. The standard InChI is InChI=1S/C18H18N8O4/c27-10-19-21-13-4-2-12(3-5-13)20-16(28)7-8-17(29)24-25-18(30)11-1-6-14-15(9-11)23-26-22-14/h1-6,10,21H,7-9H2,(H,19,27)(H,20,28)(H,24,29)(H,25,30). The normalized spacial score (nSPS) is 13.8. The van der Waals surface area contributed by atoms with Crippen LogP contribution < -0.4 is 27.0 Å². The van der Waals surface area contributed by atoms with Gasteiger partial charge < -0.3 is 5.32 Å². The van der Waals surface area contributed by atoms with E-state index in [1.807, 2.05) is 0 Å². The van der Waals surface area contributed by atoms with Crippen LogP contribution in [0, 0.1) is 0 Å². The maximum atomic E-state index is 12.1. The highest BCUT2D eigenvalue weighted by molar-refractivity contribution is 6.09. The number of fused-ring (bicyclic) bond motifs is 1. The summed E-state index contributed by atoms with van der Waals surface area (Å²) in [4.78, 5) is 46.2. The summed E-state index contributed by atoms with van der Waals surface area (Å²) in [5, 5.41) is 13.8. The van der Waals surface area contributed by atoms with E-state index in [0.717, 1.165) is 0 Å². The molecule has 1 aromatic carbocycles. The largest absolute Gasteiger partial charge is 0.326 e. The molecule has 1 aromatic rings. The van der Waals surface area contributed by atoms with Crippen LogP contribution in [0.15, 0.2) is 63.1 Å². The first kappa shape index (κ1) is 20.4. The Bertz CT molecular complexity index is 978. The molecule has 0 radical (unpaired) electrons. The number of nitrogens with one attached hydrogen (secondary N) is 5. The van der Waals surface area contributed by atoms with E-state index in [1.54, 1.807) is 36.4 Å². The molecule has 0 fully saturated rings. The molecule has 4 amide bonds. The number of hydrogen-bond donors (Lipinski definition) is 5. The number of benzene rings is 1. The lowest BCUT2D eigenvalue weighted by atomic mass is 10.0. The number of allylic oxidation sites excluding steroid dienone is 3. The van der Waals surface area contributed by atoms with Crippen molar-refractivity contribution in [2.45, 2.75) is 19.3 Å². The van der Waals surface area contributed by atoms with Crippen LogP contribution in [0.4, 0.5) is 11.4 Å². The zero-order chi connectivity index (χ0) is 21.3. The summed E-state index contributed by atoms with van der Waals surface area (Å²) < 4.78 is 0. The van der Waals surface area contributed by atoms with Crippen molar-refractivity contribution >= 4 is 41.2 Å². The molecule has 30 heavy (non-hydrogen) atoms. The van der Waals surface area contributed by atoms with Gasteiger partial charge in [0, 0.05) is 30.5 Å². The van der Waals surface area contributed by atoms with Crippen LogP contribution in [0.25, 0.3) is 0 Å². The maximum Gasteiger partial charge on any atom is 0.266 e. The molecule has 0 saturated heterocycles. The Kier molecular flexibility index (Phi) is 6.61. The molecule has 12 heteroatoms. The SMILES string of the molecule is O=CNNc1ccc(NC(=O)CCC(=O)NNC(=O)C2=CC=C3N=NN=C3C2)cc1. The molecular weight excluding hydrogens is 392 g/mol. The Hall–Kier alpha value is -4.35. The predicted octanol–water partition coefficient (Wildman–Crippen LogP) is 0.661. The summed E-state index contributed by atoms with van der Waals surface area (Å²) in [7, 11) is 0. The molecule has 12 nitrogen and oxygen atoms in total. The third-order valence-electron chi connectivity index (χ3n) is 4.04. The lowest BCUT2D eigenvalue weighted by Crippen LogP contribution is -2.42. The van der Waals surface area contributed by atoms with Gasteiger partial charge in [0.15, 0.2) is 0 Å². The zero-order valence-electron chi connectivity index (χ0n) is 15.6. The second-order valence-corrected chi connectivity index (χ2v) is 6.17. The molecule has 0 unspecified atom stereocenters. The molecule has 5 N–H and O–H groups in total. The Morgan fingerprint density at radius 2 is 1.70 bits per heavy atom. The van der Waals surface area contributed by atoms with Gasteiger partial charge in [-0.3, -0.25) is 40.9 Å². The van der Waals surface area contributed by atoms with Crippen LogP contribution in [0.2, 0.25) is 0 Å². The highest BCUT2D eigenvalue weighted by Gasteiger charge is 2.21. The smallest absolute Gasteiger partial charge is 0.266 e. The Balaban J connectivity index is 1.36. The first-order chi connectivity index (χ1) is 14.5. The average molecular weight is 410 g/mol. The molecular formula is C18H18N8O4. The van der Waals surface area contributed by atoms with Crippen molar-refractivity contribution in [1.82, 2.24) is 16.3 Å². The number of hydrazine groups is 2. The van der Waals surface area contributed by atoms with Gasteiger partial charge in [0.25, 0.3) is 5.91 Å². The minimum atomic E-state index is -0.506. The molecule has 0 bridgehead atoms. The number of nitrogens with zero attached hydrogens (tertiary/aromatic N) is 3. The van der Waals surface area contributed by atoms with Gasteiger partial charge in [0.05, 0.1) is 11.4 Å². The number of rotatable bonds is 8. The average Bonchev–Trinajstić information content (AvgIpc) is 3.23. The third kappa shape index (κ3) is 5.58. The van der Waals surface area contributed by atoms with Crippen LogP contribution in [0.3, 0.4) is 0 Å². The summed E-state index contributed by atoms with van der Waals surface area (Å²) in [6.45, 7) is 0. The molecule has 154 valence electrons. The molecule has 1 aliphatic carbocycles. The zero-order valence-corrected chi connectivity index (χ0v) is 15.6. The van der Waals surface area contributed by atoms with Crippen molar-refractivity contribution in [1.29, 1.82) is 0 Å². The maximum absolute atomic E-state index is 12.1. The highest BCUT2D eigenvalue weighted by Crippen LogP contribution is 2.21. The summed E-state index contributed by atoms with van der Waals surface area (Å²) in [6.07, 6.45) is 3.80. The lowest BCUT2D eigenvalue weighted by molar-refractivity contribution is -0.128. The van der Waals surface area contributed by atoms with Crippen LogP contribution in [0.5, 0.6) is 0 Å². The molecule has 2 aliphatic rings. The first-order valence-electron chi connectivity index (χ1n) is 8.88. The second kappa shape index (κ2) is 9.73. The van der Waals surface area contributed by atoms with Gasteiger partial charge in [-0.05, 0) is 35.6 Å². The van der Waals surface area contributed by atoms with Crippen molar-refractivity contribution in [3.63, 3.8) is 0 Å². The van der Waals surface area contributed by atoms with Crippen molar-refractivity contribution in [2.75, 3.05) is 10.7 Å². The van der Waals surface area contributed by atoms with Crippen LogP contribution in [0.1, 0.15) is 19.3 Å². The molecule has 0 saturated carbocycles. The lowest BCUT2D eigenvalue weighted by Gasteiger charge is -2.12. The molecule has 1 aliphatic heterocycles. The van der Waals surface area contributed by atoms with E-state index >= 15 is 0 Å². The summed E-state index contributed by atoms with van der Waals surface area (Å²) in [6, 6.07) is 6.59. The van der Waals surface area contributed by atoms with E-state index in [9.17, 15) is 19.2 Å². The number of hydrogen-bond acceptors (Lipinski definition) is 8. The van der Waals surface area contributed by atoms with Crippen LogP contribution >= 0.6 is 0 Å². The van der Waals surface area contributed by atoms with E-state index < -0.39 is 11.8 Å². The molecule has 0 spiro atoms. The van der Waals surface area contributed by atoms with Crippen LogP contribution in [-0.2, 0) is 19.2 Å². The molecule has 3 rings (SSSR count). The Morgan fingerprint density at radius 1 is 0.967 bits per heavy atom. The third-order valence-corrected chi connectivity index (χ3v) is 4.04. The van der Waals surface area contributed by atoms with Gasteiger partial charge in [0.1, 0.15) is 5.70 Å². The van der Waals surface area contributed by atoms with E-state index in [2.05, 4.69) is 42.5 Å². The Labute approximate surface area is 170 Å². The number of anilines is 2. The summed E-state index contributed by atoms with van der Waals surface area (Å²) >= 11 is 0. The van der Waals surface area contributed by atoms with Crippen molar-refractivity contribution in [3.8, 4) is 0 Å². The van der Waals surface area contributed by atoms with Crippen molar-refractivity contribution < 1.29 is 19.2 Å². The fourth-order valence-electron chi connectivity index (χ4n) is 2.53. The predicted molar refractivity (Wildman–Crippen MR) is 106 cm³/mol.